The third-order valence-electron chi connectivity index (χ3n) is 3.39. The smallest absolute Gasteiger partial charge is 0.211 e. The van der Waals surface area contributed by atoms with Crippen molar-refractivity contribution >= 4 is 52.4 Å². The van der Waals surface area contributed by atoms with Crippen LogP contribution in [-0.4, -0.2) is 15.3 Å². The minimum Gasteiger partial charge on any atom is -0.303 e. The van der Waals surface area contributed by atoms with Gasteiger partial charge in [0.25, 0.3) is 0 Å². The molecule has 1 aromatic heterocycles. The standard InChI is InChI=1S/C18H11Cl3N2O/c19-13-5-6-14(16(21)10-13)18(24)17(23-8-7-22-11-23)9-12-3-1-2-4-15(12)20/h1-11H. The van der Waals surface area contributed by atoms with Crippen LogP contribution in [0, 0.1) is 0 Å². The zero-order valence-electron chi connectivity index (χ0n) is 12.3. The summed E-state index contributed by atoms with van der Waals surface area (Å²) >= 11 is 18.3. The second kappa shape index (κ2) is 7.22. The van der Waals surface area contributed by atoms with Crippen LogP contribution in [0.3, 0.4) is 0 Å². The van der Waals surface area contributed by atoms with Gasteiger partial charge in [0.15, 0.2) is 0 Å². The van der Waals surface area contributed by atoms with Crippen molar-refractivity contribution in [3.63, 3.8) is 0 Å². The van der Waals surface area contributed by atoms with Crippen LogP contribution < -0.4 is 0 Å². The predicted molar refractivity (Wildman–Crippen MR) is 98.6 cm³/mol. The van der Waals surface area contributed by atoms with E-state index in [2.05, 4.69) is 4.98 Å². The fourth-order valence-corrected chi connectivity index (χ4v) is 2.89. The Balaban J connectivity index is 2.12. The van der Waals surface area contributed by atoms with Gasteiger partial charge in [0.05, 0.1) is 17.0 Å². The summed E-state index contributed by atoms with van der Waals surface area (Å²) in [5, 5.41) is 1.30. The Bertz CT molecular complexity index is 918. The Morgan fingerprint density at radius 3 is 2.50 bits per heavy atom. The van der Waals surface area contributed by atoms with E-state index in [4.69, 9.17) is 34.8 Å². The van der Waals surface area contributed by atoms with Gasteiger partial charge in [-0.25, -0.2) is 4.98 Å². The number of aromatic nitrogens is 2. The predicted octanol–water partition coefficient (Wildman–Crippen LogP) is 5.72. The number of hydrogen-bond acceptors (Lipinski definition) is 2. The molecule has 0 unspecified atom stereocenters. The number of carbonyl (C=O) groups is 1. The SMILES string of the molecule is O=C(C(=Cc1ccccc1Cl)n1ccnc1)c1ccc(Cl)cc1Cl. The zero-order valence-corrected chi connectivity index (χ0v) is 14.6. The van der Waals surface area contributed by atoms with Crippen molar-refractivity contribution in [2.75, 3.05) is 0 Å². The highest BCUT2D eigenvalue weighted by Gasteiger charge is 2.18. The summed E-state index contributed by atoms with van der Waals surface area (Å²) in [6, 6.07) is 12.0. The van der Waals surface area contributed by atoms with Crippen molar-refractivity contribution < 1.29 is 4.79 Å². The van der Waals surface area contributed by atoms with Gasteiger partial charge in [-0.05, 0) is 35.9 Å². The molecular formula is C18H11Cl3N2O. The first-order valence-corrected chi connectivity index (χ1v) is 8.14. The number of ketones is 1. The zero-order chi connectivity index (χ0) is 17.1. The van der Waals surface area contributed by atoms with Crippen LogP contribution in [0.2, 0.25) is 15.1 Å². The molecule has 2 aromatic carbocycles. The number of hydrogen-bond donors (Lipinski definition) is 0. The third-order valence-corrected chi connectivity index (χ3v) is 4.28. The number of Topliss-reactive ketones (excluding diaryl/α,β-unsaturated/α-hetero) is 1. The van der Waals surface area contributed by atoms with Gasteiger partial charge in [-0.2, -0.15) is 0 Å². The van der Waals surface area contributed by atoms with Gasteiger partial charge in [0, 0.05) is 28.0 Å². The fraction of sp³-hybridized carbons (Fsp3) is 0. The van der Waals surface area contributed by atoms with Crippen LogP contribution in [-0.2, 0) is 0 Å². The van der Waals surface area contributed by atoms with E-state index in [9.17, 15) is 4.79 Å². The number of allylic oxidation sites excluding steroid dienone is 1. The van der Waals surface area contributed by atoms with E-state index in [1.54, 1.807) is 47.6 Å². The van der Waals surface area contributed by atoms with Gasteiger partial charge in [-0.15, -0.1) is 0 Å². The molecule has 3 rings (SSSR count). The molecule has 1 heterocycles. The molecule has 0 saturated heterocycles. The highest BCUT2D eigenvalue weighted by Crippen LogP contribution is 2.27. The van der Waals surface area contributed by atoms with Crippen molar-refractivity contribution in [3.8, 4) is 0 Å². The van der Waals surface area contributed by atoms with Crippen LogP contribution in [0.25, 0.3) is 11.8 Å². The van der Waals surface area contributed by atoms with E-state index in [0.717, 1.165) is 5.56 Å². The van der Waals surface area contributed by atoms with Gasteiger partial charge in [0.2, 0.25) is 5.78 Å². The molecule has 0 fully saturated rings. The van der Waals surface area contributed by atoms with Gasteiger partial charge >= 0.3 is 0 Å². The summed E-state index contributed by atoms with van der Waals surface area (Å²) in [6.45, 7) is 0. The second-order valence-electron chi connectivity index (χ2n) is 4.97. The monoisotopic (exact) mass is 376 g/mol. The van der Waals surface area contributed by atoms with E-state index in [1.165, 1.54) is 6.07 Å². The molecule has 0 bridgehead atoms. The molecule has 0 atom stereocenters. The Labute approximate surface area is 154 Å². The van der Waals surface area contributed by atoms with Crippen molar-refractivity contribution in [1.29, 1.82) is 0 Å². The van der Waals surface area contributed by atoms with Crippen molar-refractivity contribution in [3.05, 3.63) is 87.4 Å². The van der Waals surface area contributed by atoms with E-state index >= 15 is 0 Å². The van der Waals surface area contributed by atoms with Crippen LogP contribution in [0.1, 0.15) is 15.9 Å². The number of carbonyl (C=O) groups excluding carboxylic acids is 1. The summed E-state index contributed by atoms with van der Waals surface area (Å²) in [7, 11) is 0. The molecule has 3 aromatic rings. The van der Waals surface area contributed by atoms with E-state index in [-0.39, 0.29) is 10.8 Å². The number of imidazole rings is 1. The van der Waals surface area contributed by atoms with Gasteiger partial charge in [-0.3, -0.25) is 4.79 Å². The first kappa shape index (κ1) is 16.8. The Morgan fingerprint density at radius 2 is 1.83 bits per heavy atom. The largest absolute Gasteiger partial charge is 0.303 e. The van der Waals surface area contributed by atoms with E-state index in [1.807, 2.05) is 18.2 Å². The highest BCUT2D eigenvalue weighted by molar-refractivity contribution is 6.40. The Morgan fingerprint density at radius 1 is 1.04 bits per heavy atom. The summed E-state index contributed by atoms with van der Waals surface area (Å²) in [5.41, 5.74) is 1.46. The Hall–Kier alpha value is -2.07. The van der Waals surface area contributed by atoms with Gasteiger partial charge < -0.3 is 4.57 Å². The van der Waals surface area contributed by atoms with Crippen LogP contribution in [0.15, 0.2) is 61.2 Å². The summed E-state index contributed by atoms with van der Waals surface area (Å²) in [6.07, 6.45) is 6.53. The maximum absolute atomic E-state index is 13.0. The molecule has 0 radical (unpaired) electrons. The van der Waals surface area contributed by atoms with Crippen LogP contribution >= 0.6 is 34.8 Å². The molecule has 6 heteroatoms. The topological polar surface area (TPSA) is 34.9 Å². The lowest BCUT2D eigenvalue weighted by Crippen LogP contribution is -2.09. The first-order chi connectivity index (χ1) is 11.6. The first-order valence-electron chi connectivity index (χ1n) is 7.00. The molecule has 0 saturated carbocycles. The Kier molecular flexibility index (Phi) is 5.05. The van der Waals surface area contributed by atoms with Crippen molar-refractivity contribution in [2.24, 2.45) is 0 Å². The molecule has 0 amide bonds. The molecule has 0 aliphatic carbocycles. The molecular weight excluding hydrogens is 367 g/mol. The van der Waals surface area contributed by atoms with E-state index in [0.29, 0.717) is 21.3 Å². The normalized spacial score (nSPS) is 11.5. The average Bonchev–Trinajstić information content (AvgIpc) is 3.08. The molecule has 0 aliphatic heterocycles. The minimum atomic E-state index is -0.255. The summed E-state index contributed by atoms with van der Waals surface area (Å²) in [5.74, 6) is -0.255. The molecule has 0 spiro atoms. The number of benzene rings is 2. The van der Waals surface area contributed by atoms with Crippen molar-refractivity contribution in [2.45, 2.75) is 0 Å². The van der Waals surface area contributed by atoms with Gasteiger partial charge in [0.1, 0.15) is 0 Å². The maximum Gasteiger partial charge on any atom is 0.211 e. The lowest BCUT2D eigenvalue weighted by molar-refractivity contribution is 0.105. The fourth-order valence-electron chi connectivity index (χ4n) is 2.21. The van der Waals surface area contributed by atoms with Gasteiger partial charge in [-0.1, -0.05) is 53.0 Å². The molecule has 0 N–H and O–H groups in total. The molecule has 0 aliphatic rings. The average molecular weight is 378 g/mol. The maximum atomic E-state index is 13.0. The summed E-state index contributed by atoms with van der Waals surface area (Å²) < 4.78 is 1.62. The minimum absolute atomic E-state index is 0.255. The van der Waals surface area contributed by atoms with E-state index < -0.39 is 0 Å². The third kappa shape index (κ3) is 3.54. The number of halogens is 3. The number of rotatable bonds is 4. The van der Waals surface area contributed by atoms with Crippen LogP contribution in [0.4, 0.5) is 0 Å². The highest BCUT2D eigenvalue weighted by atomic mass is 35.5. The molecule has 3 nitrogen and oxygen atoms in total. The number of nitrogens with zero attached hydrogens (tertiary/aromatic N) is 2. The lowest BCUT2D eigenvalue weighted by atomic mass is 10.1. The molecule has 24 heavy (non-hydrogen) atoms. The lowest BCUT2D eigenvalue weighted by Gasteiger charge is -2.10. The summed E-state index contributed by atoms with van der Waals surface area (Å²) in [4.78, 5) is 17.0. The van der Waals surface area contributed by atoms with Crippen molar-refractivity contribution in [1.82, 2.24) is 9.55 Å². The second-order valence-corrected chi connectivity index (χ2v) is 6.23. The van der Waals surface area contributed by atoms with Crippen LogP contribution in [0.5, 0.6) is 0 Å². The molecule has 120 valence electrons. The quantitative estimate of drug-likeness (QED) is 0.430.